The summed E-state index contributed by atoms with van der Waals surface area (Å²) < 4.78 is 0. The predicted octanol–water partition coefficient (Wildman–Crippen LogP) is 3.47. The third kappa shape index (κ3) is 3.63. The smallest absolute Gasteiger partial charge is 0.237 e. The zero-order chi connectivity index (χ0) is 19.0. The van der Waals surface area contributed by atoms with Gasteiger partial charge in [0.15, 0.2) is 10.8 Å². The van der Waals surface area contributed by atoms with Crippen LogP contribution in [0.2, 0.25) is 5.02 Å². The molecule has 2 N–H and O–H groups in total. The Hall–Kier alpha value is -2.58. The first-order valence-electron chi connectivity index (χ1n) is 8.36. The van der Waals surface area contributed by atoms with Crippen molar-refractivity contribution in [2.45, 2.75) is 24.5 Å². The lowest BCUT2D eigenvalue weighted by atomic mass is 10.2. The highest BCUT2D eigenvalue weighted by Gasteiger charge is 2.29. The Kier molecular flexibility index (Phi) is 4.75. The molecule has 1 atom stereocenters. The molecule has 0 saturated heterocycles. The van der Waals surface area contributed by atoms with Gasteiger partial charge in [0.05, 0.1) is 27.7 Å². The molecular formula is C18H16ClN5O2S. The van der Waals surface area contributed by atoms with Gasteiger partial charge in [0.2, 0.25) is 11.8 Å². The van der Waals surface area contributed by atoms with E-state index in [1.165, 1.54) is 18.0 Å². The number of carbonyl (C=O) groups is 2. The van der Waals surface area contributed by atoms with Crippen LogP contribution in [0.5, 0.6) is 0 Å². The SMILES string of the molecule is CC1CC(=O)Nc2ccccc2N1C(=O)CSc1nc2ncc(Cl)cc2[nH]1. The number of para-hydroxylation sites is 2. The van der Waals surface area contributed by atoms with Gasteiger partial charge in [-0.25, -0.2) is 9.97 Å². The topological polar surface area (TPSA) is 91.0 Å². The normalized spacial score (nSPS) is 16.7. The van der Waals surface area contributed by atoms with Crippen LogP contribution in [0.4, 0.5) is 11.4 Å². The number of hydrogen-bond donors (Lipinski definition) is 2. The van der Waals surface area contributed by atoms with E-state index in [2.05, 4.69) is 20.3 Å². The number of H-pyrrole nitrogens is 1. The molecule has 0 bridgehead atoms. The number of aromatic amines is 1. The largest absolute Gasteiger partial charge is 0.331 e. The zero-order valence-electron chi connectivity index (χ0n) is 14.4. The van der Waals surface area contributed by atoms with Gasteiger partial charge in [-0.3, -0.25) is 9.59 Å². The molecule has 1 aliphatic heterocycles. The molecule has 9 heteroatoms. The number of fused-ring (bicyclic) bond motifs is 2. The van der Waals surface area contributed by atoms with E-state index in [-0.39, 0.29) is 30.0 Å². The Morgan fingerprint density at radius 1 is 1.41 bits per heavy atom. The van der Waals surface area contributed by atoms with Crippen LogP contribution in [0.1, 0.15) is 13.3 Å². The zero-order valence-corrected chi connectivity index (χ0v) is 16.0. The summed E-state index contributed by atoms with van der Waals surface area (Å²) in [5.74, 6) is -0.0125. The fraction of sp³-hybridized carbons (Fsp3) is 0.222. The highest BCUT2D eigenvalue weighted by Crippen LogP contribution is 2.32. The number of anilines is 2. The quantitative estimate of drug-likeness (QED) is 0.656. The number of thioether (sulfide) groups is 1. The number of rotatable bonds is 3. The first-order chi connectivity index (χ1) is 13.0. The lowest BCUT2D eigenvalue weighted by molar-refractivity contribution is -0.117. The molecule has 3 heterocycles. The van der Waals surface area contributed by atoms with Crippen LogP contribution in [0.3, 0.4) is 0 Å². The van der Waals surface area contributed by atoms with Gasteiger partial charge in [-0.1, -0.05) is 35.5 Å². The summed E-state index contributed by atoms with van der Waals surface area (Å²) in [5, 5.41) is 3.97. The van der Waals surface area contributed by atoms with E-state index in [9.17, 15) is 9.59 Å². The van der Waals surface area contributed by atoms with Crippen LogP contribution >= 0.6 is 23.4 Å². The summed E-state index contributed by atoms with van der Waals surface area (Å²) in [7, 11) is 0. The number of carbonyl (C=O) groups excluding carboxylic acids is 2. The minimum absolute atomic E-state index is 0.0945. The second-order valence-corrected chi connectivity index (χ2v) is 7.64. The van der Waals surface area contributed by atoms with Gasteiger partial charge in [0.1, 0.15) is 0 Å². The van der Waals surface area contributed by atoms with E-state index in [1.54, 1.807) is 17.0 Å². The highest BCUT2D eigenvalue weighted by molar-refractivity contribution is 7.99. The number of imidazole rings is 1. The summed E-state index contributed by atoms with van der Waals surface area (Å²) in [6.45, 7) is 1.87. The number of aromatic nitrogens is 3. The monoisotopic (exact) mass is 401 g/mol. The number of pyridine rings is 1. The van der Waals surface area contributed by atoms with Crippen molar-refractivity contribution in [3.05, 3.63) is 41.6 Å². The Morgan fingerprint density at radius 3 is 3.07 bits per heavy atom. The van der Waals surface area contributed by atoms with Crippen molar-refractivity contribution < 1.29 is 9.59 Å². The molecule has 4 rings (SSSR count). The third-order valence-corrected chi connectivity index (χ3v) is 5.31. The van der Waals surface area contributed by atoms with Crippen LogP contribution in [0.25, 0.3) is 11.2 Å². The number of nitrogens with zero attached hydrogens (tertiary/aromatic N) is 3. The van der Waals surface area contributed by atoms with E-state index in [1.807, 2.05) is 25.1 Å². The maximum Gasteiger partial charge on any atom is 0.237 e. The Bertz CT molecular complexity index is 1040. The highest BCUT2D eigenvalue weighted by atomic mass is 35.5. The second kappa shape index (κ2) is 7.21. The molecule has 0 saturated carbocycles. The van der Waals surface area contributed by atoms with E-state index < -0.39 is 0 Å². The molecule has 0 spiro atoms. The fourth-order valence-corrected chi connectivity index (χ4v) is 3.98. The van der Waals surface area contributed by atoms with Crippen LogP contribution in [0.15, 0.2) is 41.7 Å². The molecule has 0 fully saturated rings. The van der Waals surface area contributed by atoms with Gasteiger partial charge < -0.3 is 15.2 Å². The number of benzene rings is 1. The predicted molar refractivity (Wildman–Crippen MR) is 106 cm³/mol. The molecule has 27 heavy (non-hydrogen) atoms. The van der Waals surface area contributed by atoms with Crippen LogP contribution < -0.4 is 10.2 Å². The van der Waals surface area contributed by atoms with E-state index in [0.717, 1.165) is 5.52 Å². The molecular weight excluding hydrogens is 386 g/mol. The average molecular weight is 402 g/mol. The van der Waals surface area contributed by atoms with Gasteiger partial charge in [-0.15, -0.1) is 0 Å². The molecule has 138 valence electrons. The van der Waals surface area contributed by atoms with Crippen molar-refractivity contribution in [1.82, 2.24) is 15.0 Å². The van der Waals surface area contributed by atoms with Gasteiger partial charge in [0.25, 0.3) is 0 Å². The summed E-state index contributed by atoms with van der Waals surface area (Å²) in [6, 6.07) is 8.83. The van der Waals surface area contributed by atoms with E-state index >= 15 is 0 Å². The summed E-state index contributed by atoms with van der Waals surface area (Å²) in [4.78, 5) is 38.3. The Morgan fingerprint density at radius 2 is 2.22 bits per heavy atom. The van der Waals surface area contributed by atoms with Crippen LogP contribution in [-0.4, -0.2) is 38.6 Å². The number of amides is 2. The van der Waals surface area contributed by atoms with Crippen molar-refractivity contribution in [3.63, 3.8) is 0 Å². The Labute approximate surface area is 164 Å². The molecule has 7 nitrogen and oxygen atoms in total. The minimum atomic E-state index is -0.238. The molecule has 2 aromatic heterocycles. The van der Waals surface area contributed by atoms with Gasteiger partial charge in [0, 0.05) is 18.7 Å². The second-order valence-electron chi connectivity index (χ2n) is 6.24. The summed E-state index contributed by atoms with van der Waals surface area (Å²) >= 11 is 7.23. The van der Waals surface area contributed by atoms with Gasteiger partial charge in [-0.05, 0) is 25.1 Å². The van der Waals surface area contributed by atoms with E-state index in [4.69, 9.17) is 11.6 Å². The molecule has 1 aromatic carbocycles. The first kappa shape index (κ1) is 17.8. The van der Waals surface area contributed by atoms with Crippen LogP contribution in [0, 0.1) is 0 Å². The Balaban J connectivity index is 1.55. The fourth-order valence-electron chi connectivity index (χ4n) is 3.09. The first-order valence-corrected chi connectivity index (χ1v) is 9.72. The maximum absolute atomic E-state index is 13.0. The third-order valence-electron chi connectivity index (χ3n) is 4.24. The number of hydrogen-bond acceptors (Lipinski definition) is 5. The molecule has 1 aliphatic rings. The molecule has 3 aromatic rings. The average Bonchev–Trinajstić information content (AvgIpc) is 2.97. The van der Waals surface area contributed by atoms with Crippen LogP contribution in [-0.2, 0) is 9.59 Å². The van der Waals surface area contributed by atoms with Crippen molar-refractivity contribution in [3.8, 4) is 0 Å². The molecule has 0 aliphatic carbocycles. The summed E-state index contributed by atoms with van der Waals surface area (Å²) in [5.41, 5.74) is 2.63. The molecule has 2 amide bonds. The van der Waals surface area contributed by atoms with Gasteiger partial charge >= 0.3 is 0 Å². The summed E-state index contributed by atoms with van der Waals surface area (Å²) in [6.07, 6.45) is 1.78. The van der Waals surface area contributed by atoms with Crippen molar-refractivity contribution >= 4 is 57.7 Å². The van der Waals surface area contributed by atoms with Crippen molar-refractivity contribution in [2.24, 2.45) is 0 Å². The van der Waals surface area contributed by atoms with Crippen molar-refractivity contribution in [1.29, 1.82) is 0 Å². The lowest BCUT2D eigenvalue weighted by Gasteiger charge is -2.27. The molecule has 0 radical (unpaired) electrons. The number of nitrogens with one attached hydrogen (secondary N) is 2. The minimum Gasteiger partial charge on any atom is -0.331 e. The lowest BCUT2D eigenvalue weighted by Crippen LogP contribution is -2.40. The maximum atomic E-state index is 13.0. The molecule has 1 unspecified atom stereocenters. The van der Waals surface area contributed by atoms with Crippen molar-refractivity contribution in [2.75, 3.05) is 16.0 Å². The van der Waals surface area contributed by atoms with Gasteiger partial charge in [-0.2, -0.15) is 0 Å². The number of halogens is 1. The van der Waals surface area contributed by atoms with E-state index in [0.29, 0.717) is 27.2 Å². The standard InChI is InChI=1S/C18H16ClN5O2S/c1-10-6-15(25)21-12-4-2-3-5-14(12)24(10)16(26)9-27-18-22-13-7-11(19)8-20-17(13)23-18/h2-5,7-8,10H,6,9H2,1H3,(H,21,25)(H,20,22,23).